The molecule has 2 aromatic rings. The number of hydrogen-bond acceptors (Lipinski definition) is 6. The van der Waals surface area contributed by atoms with Gasteiger partial charge in [-0.2, -0.15) is 0 Å². The first kappa shape index (κ1) is 13.7. The van der Waals surface area contributed by atoms with Gasteiger partial charge in [-0.25, -0.2) is 9.97 Å². The number of nitrogens with zero attached hydrogens (tertiary/aromatic N) is 4. The second-order valence-corrected chi connectivity index (χ2v) is 4.19. The highest BCUT2D eigenvalue weighted by Gasteiger charge is 2.07. The van der Waals surface area contributed by atoms with Crippen molar-refractivity contribution in [2.75, 3.05) is 0 Å². The van der Waals surface area contributed by atoms with Crippen LogP contribution < -0.4 is 0 Å². The minimum Gasteiger partial charge on any atom is -0.411 e. The van der Waals surface area contributed by atoms with Crippen molar-refractivity contribution in [1.29, 1.82) is 0 Å². The summed E-state index contributed by atoms with van der Waals surface area (Å²) in [5.74, 6) is 0. The summed E-state index contributed by atoms with van der Waals surface area (Å²) in [6.45, 7) is 3.33. The van der Waals surface area contributed by atoms with E-state index in [-0.39, 0.29) is 0 Å². The molecule has 0 fully saturated rings. The van der Waals surface area contributed by atoms with Gasteiger partial charge in [-0.15, -0.1) is 0 Å². The third kappa shape index (κ3) is 2.80. The highest BCUT2D eigenvalue weighted by molar-refractivity contribution is 5.97. The maximum absolute atomic E-state index is 8.79. The molecule has 0 spiro atoms. The molecule has 0 aromatic carbocycles. The summed E-state index contributed by atoms with van der Waals surface area (Å²) >= 11 is 0. The molecule has 20 heavy (non-hydrogen) atoms. The third-order valence-corrected chi connectivity index (χ3v) is 2.80. The molecular weight excluding hydrogens is 256 g/mol. The summed E-state index contributed by atoms with van der Waals surface area (Å²) in [7, 11) is 0. The van der Waals surface area contributed by atoms with E-state index in [4.69, 9.17) is 10.4 Å². The zero-order valence-electron chi connectivity index (χ0n) is 11.1. The van der Waals surface area contributed by atoms with E-state index in [2.05, 4.69) is 20.3 Å². The molecule has 0 atom stereocenters. The molecule has 0 aliphatic rings. The van der Waals surface area contributed by atoms with Gasteiger partial charge < -0.3 is 10.4 Å². The second-order valence-electron chi connectivity index (χ2n) is 4.19. The predicted molar refractivity (Wildman–Crippen MR) is 75.5 cm³/mol. The SMILES string of the molecule is C/C(=N/O)c1cccc(-c2cccc(/C(C)=N\O)n2)n1. The van der Waals surface area contributed by atoms with E-state index in [0.29, 0.717) is 34.2 Å². The van der Waals surface area contributed by atoms with Crippen molar-refractivity contribution in [3.63, 3.8) is 0 Å². The van der Waals surface area contributed by atoms with Crippen LogP contribution in [-0.4, -0.2) is 31.8 Å². The van der Waals surface area contributed by atoms with E-state index >= 15 is 0 Å². The average molecular weight is 270 g/mol. The predicted octanol–water partition coefficient (Wildman–Crippen LogP) is 2.54. The Kier molecular flexibility index (Phi) is 4.05. The Hall–Kier alpha value is -2.76. The average Bonchev–Trinajstić information content (AvgIpc) is 2.53. The van der Waals surface area contributed by atoms with Crippen LogP contribution in [0.3, 0.4) is 0 Å². The van der Waals surface area contributed by atoms with Crippen LogP contribution in [-0.2, 0) is 0 Å². The lowest BCUT2D eigenvalue weighted by Crippen LogP contribution is -2.02. The molecule has 0 amide bonds. The summed E-state index contributed by atoms with van der Waals surface area (Å²) in [5, 5.41) is 23.8. The van der Waals surface area contributed by atoms with Crippen LogP contribution in [0.15, 0.2) is 46.7 Å². The smallest absolute Gasteiger partial charge is 0.102 e. The van der Waals surface area contributed by atoms with Crippen molar-refractivity contribution in [1.82, 2.24) is 9.97 Å². The molecule has 0 radical (unpaired) electrons. The van der Waals surface area contributed by atoms with Crippen LogP contribution in [0.25, 0.3) is 11.4 Å². The molecule has 0 saturated heterocycles. The van der Waals surface area contributed by atoms with Gasteiger partial charge >= 0.3 is 0 Å². The monoisotopic (exact) mass is 270 g/mol. The molecule has 6 nitrogen and oxygen atoms in total. The van der Waals surface area contributed by atoms with Gasteiger partial charge in [0.1, 0.15) is 11.4 Å². The minimum atomic E-state index is 0.427. The van der Waals surface area contributed by atoms with Crippen molar-refractivity contribution in [2.24, 2.45) is 10.3 Å². The highest BCUT2D eigenvalue weighted by atomic mass is 16.4. The van der Waals surface area contributed by atoms with Gasteiger partial charge in [0, 0.05) is 0 Å². The van der Waals surface area contributed by atoms with Gasteiger partial charge in [-0.3, -0.25) is 0 Å². The number of oxime groups is 2. The van der Waals surface area contributed by atoms with E-state index < -0.39 is 0 Å². The first-order valence-corrected chi connectivity index (χ1v) is 5.98. The zero-order valence-corrected chi connectivity index (χ0v) is 11.1. The molecule has 2 aromatic heterocycles. The molecular formula is C14H14N4O2. The van der Waals surface area contributed by atoms with E-state index in [1.54, 1.807) is 26.0 Å². The Labute approximate surface area is 116 Å². The summed E-state index contributed by atoms with van der Waals surface area (Å²) < 4.78 is 0. The van der Waals surface area contributed by atoms with Gasteiger partial charge in [0.15, 0.2) is 0 Å². The zero-order chi connectivity index (χ0) is 14.5. The van der Waals surface area contributed by atoms with Gasteiger partial charge in [-0.1, -0.05) is 22.4 Å². The fourth-order valence-electron chi connectivity index (χ4n) is 1.66. The topological polar surface area (TPSA) is 91.0 Å². The maximum atomic E-state index is 8.79. The Balaban J connectivity index is 2.47. The lowest BCUT2D eigenvalue weighted by Gasteiger charge is -2.05. The van der Waals surface area contributed by atoms with E-state index in [1.165, 1.54) is 0 Å². The Morgan fingerprint density at radius 2 is 1.20 bits per heavy atom. The molecule has 6 heteroatoms. The van der Waals surface area contributed by atoms with Crippen molar-refractivity contribution in [3.05, 3.63) is 47.8 Å². The lowest BCUT2D eigenvalue weighted by atomic mass is 10.2. The van der Waals surface area contributed by atoms with Gasteiger partial charge in [0.2, 0.25) is 0 Å². The van der Waals surface area contributed by atoms with Crippen LogP contribution >= 0.6 is 0 Å². The molecule has 2 N–H and O–H groups in total. The molecule has 2 heterocycles. The third-order valence-electron chi connectivity index (χ3n) is 2.80. The summed E-state index contributed by atoms with van der Waals surface area (Å²) in [6, 6.07) is 10.8. The fraction of sp³-hybridized carbons (Fsp3) is 0.143. The Morgan fingerprint density at radius 3 is 1.55 bits per heavy atom. The van der Waals surface area contributed by atoms with E-state index in [0.717, 1.165) is 0 Å². The standard InChI is InChI=1S/C14H14N4O2/c1-9(17-19)11-5-3-7-13(15-11)14-8-4-6-12(16-14)10(2)18-20/h3-8,19-20H,1-2H3/b17-9-,18-10-. The number of hydrogen-bond donors (Lipinski definition) is 2. The minimum absolute atomic E-state index is 0.427. The summed E-state index contributed by atoms with van der Waals surface area (Å²) in [4.78, 5) is 8.77. The number of pyridine rings is 2. The molecule has 0 bridgehead atoms. The Bertz CT molecular complexity index is 621. The maximum Gasteiger partial charge on any atom is 0.102 e. The van der Waals surface area contributed by atoms with Crippen molar-refractivity contribution in [3.8, 4) is 11.4 Å². The quantitative estimate of drug-likeness (QED) is 0.509. The van der Waals surface area contributed by atoms with E-state index in [9.17, 15) is 0 Å². The summed E-state index contributed by atoms with van der Waals surface area (Å²) in [5.41, 5.74) is 3.30. The first-order chi connectivity index (χ1) is 9.65. The van der Waals surface area contributed by atoms with Crippen LogP contribution in [0.4, 0.5) is 0 Å². The first-order valence-electron chi connectivity index (χ1n) is 5.98. The van der Waals surface area contributed by atoms with Crippen LogP contribution in [0.2, 0.25) is 0 Å². The molecule has 0 aliphatic heterocycles. The van der Waals surface area contributed by atoms with Crippen molar-refractivity contribution < 1.29 is 10.4 Å². The van der Waals surface area contributed by atoms with Crippen LogP contribution in [0.5, 0.6) is 0 Å². The molecule has 0 aliphatic carbocycles. The molecule has 0 saturated carbocycles. The molecule has 0 unspecified atom stereocenters. The normalized spacial score (nSPS) is 12.5. The number of aromatic nitrogens is 2. The van der Waals surface area contributed by atoms with Gasteiger partial charge in [-0.05, 0) is 38.1 Å². The Morgan fingerprint density at radius 1 is 0.800 bits per heavy atom. The van der Waals surface area contributed by atoms with Crippen molar-refractivity contribution >= 4 is 11.4 Å². The largest absolute Gasteiger partial charge is 0.411 e. The van der Waals surface area contributed by atoms with Crippen LogP contribution in [0, 0.1) is 0 Å². The van der Waals surface area contributed by atoms with Crippen molar-refractivity contribution in [2.45, 2.75) is 13.8 Å². The fourth-order valence-corrected chi connectivity index (χ4v) is 1.66. The van der Waals surface area contributed by atoms with E-state index in [1.807, 2.05) is 24.3 Å². The van der Waals surface area contributed by atoms with Gasteiger partial charge in [0.25, 0.3) is 0 Å². The van der Waals surface area contributed by atoms with Gasteiger partial charge in [0.05, 0.1) is 22.8 Å². The lowest BCUT2D eigenvalue weighted by molar-refractivity contribution is 0.318. The molecule has 2 rings (SSSR count). The van der Waals surface area contributed by atoms with Crippen LogP contribution in [0.1, 0.15) is 25.2 Å². The molecule has 102 valence electrons. The highest BCUT2D eigenvalue weighted by Crippen LogP contribution is 2.16. The second kappa shape index (κ2) is 5.92. The number of rotatable bonds is 3. The summed E-state index contributed by atoms with van der Waals surface area (Å²) in [6.07, 6.45) is 0.